The Balaban J connectivity index is 1.65. The van der Waals surface area contributed by atoms with Crippen molar-refractivity contribution < 1.29 is 0 Å². The summed E-state index contributed by atoms with van der Waals surface area (Å²) in [6.45, 7) is 1.95. The fraction of sp³-hybridized carbons (Fsp3) is 0.0476. The molecular weight excluding hydrogens is 336 g/mol. The number of hydrogen-bond donors (Lipinski definition) is 1. The molecule has 2 aromatic carbocycles. The van der Waals surface area contributed by atoms with Crippen LogP contribution in [0.3, 0.4) is 0 Å². The molecule has 0 aliphatic carbocycles. The number of aromatic nitrogens is 5. The van der Waals surface area contributed by atoms with E-state index in [1.165, 1.54) is 5.39 Å². The van der Waals surface area contributed by atoms with E-state index in [1.807, 2.05) is 43.3 Å². The summed E-state index contributed by atoms with van der Waals surface area (Å²) < 4.78 is 1.73. The Morgan fingerprint density at radius 1 is 0.926 bits per heavy atom. The van der Waals surface area contributed by atoms with Crippen LogP contribution < -0.4 is 5.32 Å². The van der Waals surface area contributed by atoms with Crippen LogP contribution in [0.5, 0.6) is 0 Å². The lowest BCUT2D eigenvalue weighted by Gasteiger charge is -2.11. The number of aryl methyl sites for hydroxylation is 1. The fourth-order valence-corrected chi connectivity index (χ4v) is 3.17. The van der Waals surface area contributed by atoms with Gasteiger partial charge in [0.25, 0.3) is 5.78 Å². The van der Waals surface area contributed by atoms with Gasteiger partial charge < -0.3 is 5.32 Å². The van der Waals surface area contributed by atoms with Gasteiger partial charge in [-0.3, -0.25) is 4.98 Å². The van der Waals surface area contributed by atoms with Crippen molar-refractivity contribution in [3.8, 4) is 11.4 Å². The maximum atomic E-state index is 4.64. The highest BCUT2D eigenvalue weighted by molar-refractivity contribution is 5.95. The number of hydrogen-bond acceptors (Lipinski definition) is 5. The molecule has 0 saturated heterocycles. The molecule has 3 heterocycles. The minimum atomic E-state index is 0.552. The summed E-state index contributed by atoms with van der Waals surface area (Å²) in [5.74, 6) is 1.97. The van der Waals surface area contributed by atoms with Crippen molar-refractivity contribution in [2.45, 2.75) is 6.92 Å². The Hall–Kier alpha value is -3.80. The van der Waals surface area contributed by atoms with E-state index in [4.69, 9.17) is 0 Å². The molecule has 0 radical (unpaired) electrons. The lowest BCUT2D eigenvalue weighted by Crippen LogP contribution is -2.03. The number of nitrogens with one attached hydrogen (secondary N) is 1. The van der Waals surface area contributed by atoms with E-state index >= 15 is 0 Å². The number of nitrogens with zero attached hydrogens (tertiary/aromatic N) is 5. The van der Waals surface area contributed by atoms with E-state index < -0.39 is 0 Å². The smallest absolute Gasteiger partial charge is 0.254 e. The molecule has 0 fully saturated rings. The van der Waals surface area contributed by atoms with E-state index in [2.05, 4.69) is 49.6 Å². The molecular formula is C21H16N6. The lowest BCUT2D eigenvalue weighted by atomic mass is 10.1. The standard InChI is InChI=1S/C21H16N6/c1-14-12-19(24-18-10-4-7-15-6-2-3-9-17(15)18)27-21(23-14)25-20(26-27)16-8-5-11-22-13-16/h2-13,24H,1H3. The van der Waals surface area contributed by atoms with Crippen LogP contribution in [0.25, 0.3) is 27.9 Å². The normalized spacial score (nSPS) is 11.1. The minimum absolute atomic E-state index is 0.552. The van der Waals surface area contributed by atoms with Crippen LogP contribution in [-0.4, -0.2) is 24.6 Å². The summed E-state index contributed by atoms with van der Waals surface area (Å²) >= 11 is 0. The number of fused-ring (bicyclic) bond motifs is 2. The van der Waals surface area contributed by atoms with E-state index in [0.717, 1.165) is 28.1 Å². The molecule has 6 nitrogen and oxygen atoms in total. The van der Waals surface area contributed by atoms with Gasteiger partial charge in [-0.25, -0.2) is 4.98 Å². The lowest BCUT2D eigenvalue weighted by molar-refractivity contribution is 0.940. The maximum absolute atomic E-state index is 4.64. The maximum Gasteiger partial charge on any atom is 0.254 e. The van der Waals surface area contributed by atoms with E-state index in [0.29, 0.717) is 11.6 Å². The molecule has 0 aliphatic rings. The van der Waals surface area contributed by atoms with E-state index in [9.17, 15) is 0 Å². The molecule has 0 spiro atoms. The second-order valence-electron chi connectivity index (χ2n) is 6.32. The van der Waals surface area contributed by atoms with Crippen molar-refractivity contribution in [2.24, 2.45) is 0 Å². The van der Waals surface area contributed by atoms with Crippen molar-refractivity contribution in [2.75, 3.05) is 5.32 Å². The first-order valence-electron chi connectivity index (χ1n) is 8.67. The van der Waals surface area contributed by atoms with Crippen LogP contribution in [0.2, 0.25) is 0 Å². The van der Waals surface area contributed by atoms with E-state index in [1.54, 1.807) is 16.9 Å². The molecule has 3 aromatic heterocycles. The van der Waals surface area contributed by atoms with Gasteiger partial charge in [-0.05, 0) is 30.5 Å². The first-order chi connectivity index (χ1) is 13.3. The quantitative estimate of drug-likeness (QED) is 0.521. The average Bonchev–Trinajstić information content (AvgIpc) is 3.13. The summed E-state index contributed by atoms with van der Waals surface area (Å²) in [4.78, 5) is 13.2. The van der Waals surface area contributed by atoms with Gasteiger partial charge in [-0.1, -0.05) is 36.4 Å². The highest BCUT2D eigenvalue weighted by Crippen LogP contribution is 2.27. The van der Waals surface area contributed by atoms with Crippen LogP contribution in [0.15, 0.2) is 73.1 Å². The molecule has 130 valence electrons. The summed E-state index contributed by atoms with van der Waals surface area (Å²) in [6.07, 6.45) is 3.48. The van der Waals surface area contributed by atoms with Crippen LogP contribution in [0, 0.1) is 6.92 Å². The van der Waals surface area contributed by atoms with Gasteiger partial charge in [0.1, 0.15) is 5.82 Å². The molecule has 27 heavy (non-hydrogen) atoms. The van der Waals surface area contributed by atoms with Gasteiger partial charge >= 0.3 is 0 Å². The summed E-state index contributed by atoms with van der Waals surface area (Å²) in [5.41, 5.74) is 2.74. The van der Waals surface area contributed by atoms with Crippen molar-refractivity contribution in [1.29, 1.82) is 0 Å². The van der Waals surface area contributed by atoms with Gasteiger partial charge in [-0.2, -0.15) is 9.50 Å². The topological polar surface area (TPSA) is 68.0 Å². The molecule has 5 aromatic rings. The Morgan fingerprint density at radius 2 is 1.81 bits per heavy atom. The van der Waals surface area contributed by atoms with Gasteiger partial charge in [0, 0.05) is 40.8 Å². The highest BCUT2D eigenvalue weighted by atomic mass is 15.4. The highest BCUT2D eigenvalue weighted by Gasteiger charge is 2.12. The first-order valence-corrected chi connectivity index (χ1v) is 8.67. The predicted octanol–water partition coefficient (Wildman–Crippen LogP) is 4.39. The molecule has 0 atom stereocenters. The van der Waals surface area contributed by atoms with Crippen LogP contribution in [-0.2, 0) is 0 Å². The second-order valence-corrected chi connectivity index (χ2v) is 6.32. The van der Waals surface area contributed by atoms with Gasteiger partial charge in [-0.15, -0.1) is 5.10 Å². The monoisotopic (exact) mass is 352 g/mol. The number of pyridine rings is 1. The zero-order chi connectivity index (χ0) is 18.2. The number of anilines is 2. The molecule has 6 heteroatoms. The first kappa shape index (κ1) is 15.5. The SMILES string of the molecule is Cc1cc(Nc2cccc3ccccc23)n2nc(-c3cccnc3)nc2n1. The van der Waals surface area contributed by atoms with Crippen molar-refractivity contribution >= 4 is 28.1 Å². The summed E-state index contributed by atoms with van der Waals surface area (Å²) in [6, 6.07) is 20.3. The van der Waals surface area contributed by atoms with Crippen LogP contribution in [0.4, 0.5) is 11.5 Å². The molecule has 5 rings (SSSR count). The third-order valence-electron chi connectivity index (χ3n) is 4.41. The third kappa shape index (κ3) is 2.77. The molecule has 0 aliphatic heterocycles. The largest absolute Gasteiger partial charge is 0.340 e. The van der Waals surface area contributed by atoms with Crippen LogP contribution >= 0.6 is 0 Å². The Kier molecular flexibility index (Phi) is 3.53. The summed E-state index contributed by atoms with van der Waals surface area (Å²) in [7, 11) is 0. The molecule has 0 unspecified atom stereocenters. The van der Waals surface area contributed by atoms with Crippen molar-refractivity contribution in [3.63, 3.8) is 0 Å². The summed E-state index contributed by atoms with van der Waals surface area (Å²) in [5, 5.41) is 10.5. The van der Waals surface area contributed by atoms with Gasteiger partial charge in [0.2, 0.25) is 0 Å². The van der Waals surface area contributed by atoms with Gasteiger partial charge in [0.05, 0.1) is 0 Å². The van der Waals surface area contributed by atoms with E-state index in [-0.39, 0.29) is 0 Å². The van der Waals surface area contributed by atoms with Gasteiger partial charge in [0.15, 0.2) is 5.82 Å². The molecule has 0 amide bonds. The molecule has 1 N–H and O–H groups in total. The molecule has 0 bridgehead atoms. The zero-order valence-corrected chi connectivity index (χ0v) is 14.7. The Labute approximate surface area is 155 Å². The average molecular weight is 352 g/mol. The number of rotatable bonds is 3. The third-order valence-corrected chi connectivity index (χ3v) is 4.41. The Bertz CT molecular complexity index is 1250. The zero-order valence-electron chi connectivity index (χ0n) is 14.7. The van der Waals surface area contributed by atoms with Crippen LogP contribution in [0.1, 0.15) is 5.69 Å². The number of benzene rings is 2. The predicted molar refractivity (Wildman–Crippen MR) is 106 cm³/mol. The minimum Gasteiger partial charge on any atom is -0.340 e. The fourth-order valence-electron chi connectivity index (χ4n) is 3.17. The Morgan fingerprint density at radius 3 is 2.70 bits per heavy atom. The van der Waals surface area contributed by atoms with Crippen molar-refractivity contribution in [1.82, 2.24) is 24.6 Å². The molecule has 0 saturated carbocycles. The second kappa shape index (κ2) is 6.17. The van der Waals surface area contributed by atoms with Crippen molar-refractivity contribution in [3.05, 3.63) is 78.8 Å².